The number of H-pyrrole nitrogens is 1. The molecule has 0 aliphatic heterocycles. The van der Waals surface area contributed by atoms with Crippen LogP contribution in [0.5, 0.6) is 0 Å². The van der Waals surface area contributed by atoms with Crippen LogP contribution in [0, 0.1) is 5.82 Å². The minimum absolute atomic E-state index is 0.193. The normalized spacial score (nSPS) is 12.3. The highest BCUT2D eigenvalue weighted by Crippen LogP contribution is 2.20. The first kappa shape index (κ1) is 13.5. The van der Waals surface area contributed by atoms with Crippen LogP contribution in [0.3, 0.4) is 0 Å². The molecule has 0 fully saturated rings. The third-order valence-corrected chi connectivity index (χ3v) is 3.40. The molecule has 0 bridgehead atoms. The summed E-state index contributed by atoms with van der Waals surface area (Å²) in [6, 6.07) is 16.2. The lowest BCUT2D eigenvalue weighted by Crippen LogP contribution is -2.14. The molecular formula is C17H16FN3. The Morgan fingerprint density at radius 2 is 1.76 bits per heavy atom. The van der Waals surface area contributed by atoms with Gasteiger partial charge in [-0.25, -0.2) is 9.37 Å². The lowest BCUT2D eigenvalue weighted by atomic mass is 10.1. The molecule has 0 aliphatic carbocycles. The lowest BCUT2D eigenvalue weighted by molar-refractivity contribution is 0.628. The van der Waals surface area contributed by atoms with Gasteiger partial charge in [-0.3, -0.25) is 0 Å². The van der Waals surface area contributed by atoms with Gasteiger partial charge in [-0.15, -0.1) is 0 Å². The molecule has 106 valence electrons. The molecular weight excluding hydrogens is 265 g/mol. The Hall–Kier alpha value is -2.46. The maximum Gasteiger partial charge on any atom is 0.123 e. The molecule has 4 heteroatoms. The standard InChI is InChI=1S/C17H16FN3/c18-14-8-6-13(7-9-14)16-11-20-17(21-16)15(19)10-12-4-2-1-3-5-12/h1-9,11,15H,10,19H2,(H,20,21). The van der Waals surface area contributed by atoms with Gasteiger partial charge in [0.15, 0.2) is 0 Å². The number of hydrogen-bond acceptors (Lipinski definition) is 2. The van der Waals surface area contributed by atoms with Crippen molar-refractivity contribution in [3.05, 3.63) is 78.0 Å². The van der Waals surface area contributed by atoms with Crippen LogP contribution in [0.4, 0.5) is 4.39 Å². The van der Waals surface area contributed by atoms with E-state index in [4.69, 9.17) is 5.73 Å². The highest BCUT2D eigenvalue weighted by molar-refractivity contribution is 5.58. The maximum atomic E-state index is 12.9. The zero-order chi connectivity index (χ0) is 14.7. The molecule has 3 nitrogen and oxygen atoms in total. The summed E-state index contributed by atoms with van der Waals surface area (Å²) in [5.74, 6) is 0.484. The van der Waals surface area contributed by atoms with Crippen LogP contribution in [-0.4, -0.2) is 9.97 Å². The first-order chi connectivity index (χ1) is 10.2. The molecule has 21 heavy (non-hydrogen) atoms. The van der Waals surface area contributed by atoms with E-state index in [1.807, 2.05) is 30.3 Å². The van der Waals surface area contributed by atoms with Gasteiger partial charge in [0, 0.05) is 0 Å². The Kier molecular flexibility index (Phi) is 3.79. The van der Waals surface area contributed by atoms with Gasteiger partial charge in [-0.2, -0.15) is 0 Å². The second-order valence-corrected chi connectivity index (χ2v) is 4.99. The first-order valence-corrected chi connectivity index (χ1v) is 6.83. The summed E-state index contributed by atoms with van der Waals surface area (Å²) in [7, 11) is 0. The molecule has 1 aromatic heterocycles. The van der Waals surface area contributed by atoms with E-state index in [1.165, 1.54) is 17.7 Å². The Bertz CT molecular complexity index is 704. The third-order valence-electron chi connectivity index (χ3n) is 3.40. The van der Waals surface area contributed by atoms with Crippen molar-refractivity contribution in [2.75, 3.05) is 0 Å². The Morgan fingerprint density at radius 1 is 1.05 bits per heavy atom. The Morgan fingerprint density at radius 3 is 2.48 bits per heavy atom. The number of rotatable bonds is 4. The molecule has 3 aromatic rings. The number of benzene rings is 2. The summed E-state index contributed by atoms with van der Waals surface area (Å²) in [6.07, 6.45) is 2.45. The number of nitrogens with zero attached hydrogens (tertiary/aromatic N) is 1. The van der Waals surface area contributed by atoms with E-state index in [0.29, 0.717) is 0 Å². The van der Waals surface area contributed by atoms with Crippen molar-refractivity contribution in [2.24, 2.45) is 5.73 Å². The van der Waals surface area contributed by atoms with E-state index < -0.39 is 0 Å². The van der Waals surface area contributed by atoms with E-state index in [0.717, 1.165) is 23.5 Å². The topological polar surface area (TPSA) is 54.7 Å². The van der Waals surface area contributed by atoms with Gasteiger partial charge >= 0.3 is 0 Å². The van der Waals surface area contributed by atoms with Crippen LogP contribution in [0.1, 0.15) is 17.4 Å². The fourth-order valence-corrected chi connectivity index (χ4v) is 2.27. The monoisotopic (exact) mass is 281 g/mol. The van der Waals surface area contributed by atoms with Crippen molar-refractivity contribution in [2.45, 2.75) is 12.5 Å². The van der Waals surface area contributed by atoms with E-state index in [1.54, 1.807) is 18.3 Å². The fourth-order valence-electron chi connectivity index (χ4n) is 2.27. The van der Waals surface area contributed by atoms with Crippen LogP contribution in [0.25, 0.3) is 11.3 Å². The summed E-state index contributed by atoms with van der Waals surface area (Å²) in [5.41, 5.74) is 9.09. The van der Waals surface area contributed by atoms with Crippen LogP contribution < -0.4 is 5.73 Å². The largest absolute Gasteiger partial charge is 0.341 e. The third kappa shape index (κ3) is 3.17. The van der Waals surface area contributed by atoms with Gasteiger partial charge < -0.3 is 10.7 Å². The van der Waals surface area contributed by atoms with Crippen LogP contribution in [0.2, 0.25) is 0 Å². The predicted octanol–water partition coefficient (Wildman–Crippen LogP) is 3.46. The smallest absolute Gasteiger partial charge is 0.123 e. The van der Waals surface area contributed by atoms with Crippen molar-refractivity contribution >= 4 is 0 Å². The summed E-state index contributed by atoms with van der Waals surface area (Å²) in [4.78, 5) is 7.55. The second kappa shape index (κ2) is 5.89. The average Bonchev–Trinajstić information content (AvgIpc) is 2.99. The van der Waals surface area contributed by atoms with Gasteiger partial charge in [0.2, 0.25) is 0 Å². The molecule has 2 aromatic carbocycles. The molecule has 1 atom stereocenters. The minimum Gasteiger partial charge on any atom is -0.341 e. The lowest BCUT2D eigenvalue weighted by Gasteiger charge is -2.08. The minimum atomic E-state index is -0.251. The highest BCUT2D eigenvalue weighted by atomic mass is 19.1. The molecule has 0 aliphatic rings. The van der Waals surface area contributed by atoms with Crippen molar-refractivity contribution in [1.29, 1.82) is 0 Å². The summed E-state index contributed by atoms with van der Waals surface area (Å²) >= 11 is 0. The zero-order valence-electron chi connectivity index (χ0n) is 11.5. The SMILES string of the molecule is NC(Cc1ccccc1)c1ncc(-c2ccc(F)cc2)[nH]1. The van der Waals surface area contributed by atoms with Gasteiger partial charge in [-0.05, 0) is 41.8 Å². The van der Waals surface area contributed by atoms with Crippen molar-refractivity contribution in [3.8, 4) is 11.3 Å². The number of aromatic amines is 1. The maximum absolute atomic E-state index is 12.9. The van der Waals surface area contributed by atoms with Crippen LogP contribution in [-0.2, 0) is 6.42 Å². The molecule has 0 saturated heterocycles. The number of aromatic nitrogens is 2. The van der Waals surface area contributed by atoms with Crippen molar-refractivity contribution < 1.29 is 4.39 Å². The zero-order valence-corrected chi connectivity index (χ0v) is 11.5. The highest BCUT2D eigenvalue weighted by Gasteiger charge is 2.11. The molecule has 1 unspecified atom stereocenters. The molecule has 0 saturated carbocycles. The molecule has 3 rings (SSSR count). The van der Waals surface area contributed by atoms with E-state index in [-0.39, 0.29) is 11.9 Å². The van der Waals surface area contributed by atoms with E-state index in [2.05, 4.69) is 9.97 Å². The second-order valence-electron chi connectivity index (χ2n) is 4.99. The van der Waals surface area contributed by atoms with Gasteiger partial charge in [0.1, 0.15) is 11.6 Å². The van der Waals surface area contributed by atoms with Crippen molar-refractivity contribution in [1.82, 2.24) is 9.97 Å². The number of hydrogen-bond donors (Lipinski definition) is 2. The summed E-state index contributed by atoms with van der Waals surface area (Å²) in [6.45, 7) is 0. The summed E-state index contributed by atoms with van der Waals surface area (Å²) < 4.78 is 12.9. The van der Waals surface area contributed by atoms with Crippen molar-refractivity contribution in [3.63, 3.8) is 0 Å². The van der Waals surface area contributed by atoms with E-state index >= 15 is 0 Å². The quantitative estimate of drug-likeness (QED) is 0.769. The van der Waals surface area contributed by atoms with Gasteiger partial charge in [0.25, 0.3) is 0 Å². The number of imidazole rings is 1. The molecule has 0 amide bonds. The van der Waals surface area contributed by atoms with E-state index in [9.17, 15) is 4.39 Å². The molecule has 1 heterocycles. The number of nitrogens with two attached hydrogens (primary N) is 1. The Balaban J connectivity index is 1.76. The number of halogens is 1. The fraction of sp³-hybridized carbons (Fsp3) is 0.118. The van der Waals surface area contributed by atoms with Crippen LogP contribution >= 0.6 is 0 Å². The summed E-state index contributed by atoms with van der Waals surface area (Å²) in [5, 5.41) is 0. The molecule has 0 radical (unpaired) electrons. The first-order valence-electron chi connectivity index (χ1n) is 6.83. The molecule has 3 N–H and O–H groups in total. The van der Waals surface area contributed by atoms with Gasteiger partial charge in [-0.1, -0.05) is 30.3 Å². The molecule has 0 spiro atoms. The van der Waals surface area contributed by atoms with Crippen LogP contribution in [0.15, 0.2) is 60.8 Å². The number of nitrogens with one attached hydrogen (secondary N) is 1. The Labute approximate surface area is 122 Å². The van der Waals surface area contributed by atoms with Gasteiger partial charge in [0.05, 0.1) is 17.9 Å². The average molecular weight is 281 g/mol. The predicted molar refractivity (Wildman–Crippen MR) is 81.1 cm³/mol.